The van der Waals surface area contributed by atoms with Gasteiger partial charge >= 0.3 is 0 Å². The van der Waals surface area contributed by atoms with Crippen LogP contribution in [-0.4, -0.2) is 72.0 Å². The first-order chi connectivity index (χ1) is 10.6. The normalized spacial score (nSPS) is 19.0. The molecule has 4 heteroatoms. The van der Waals surface area contributed by atoms with Crippen LogP contribution in [0.3, 0.4) is 0 Å². The molecule has 4 nitrogen and oxygen atoms in total. The lowest BCUT2D eigenvalue weighted by molar-refractivity contribution is 0.104. The van der Waals surface area contributed by atoms with Gasteiger partial charge in [0.25, 0.3) is 0 Å². The van der Waals surface area contributed by atoms with Crippen molar-refractivity contribution in [3.8, 4) is 0 Å². The van der Waals surface area contributed by atoms with Gasteiger partial charge in [-0.25, -0.2) is 0 Å². The van der Waals surface area contributed by atoms with Crippen molar-refractivity contribution in [3.63, 3.8) is 0 Å². The van der Waals surface area contributed by atoms with Gasteiger partial charge in [0.2, 0.25) is 0 Å². The summed E-state index contributed by atoms with van der Waals surface area (Å²) in [5.74, 6) is 0. The summed E-state index contributed by atoms with van der Waals surface area (Å²) < 4.78 is 0. The zero-order chi connectivity index (χ0) is 15.9. The standard InChI is InChI=1S/C18H32N4/c1-16(2)22-14-12-21(13-15-22)11-7-10-20(4)17(3)18-8-5-6-9-19-18/h5-6,8-9,16-17H,7,10-15H2,1-4H3/t17-/m0/s1. The first kappa shape index (κ1) is 17.4. The molecule has 1 aliphatic rings. The van der Waals surface area contributed by atoms with Gasteiger partial charge in [0.05, 0.1) is 5.69 Å². The van der Waals surface area contributed by atoms with Crippen LogP contribution in [0, 0.1) is 0 Å². The Morgan fingerprint density at radius 1 is 1.14 bits per heavy atom. The molecule has 0 spiro atoms. The lowest BCUT2D eigenvalue weighted by atomic mass is 10.2. The molecule has 0 saturated carbocycles. The second-order valence-electron chi connectivity index (χ2n) is 6.74. The Morgan fingerprint density at radius 3 is 2.45 bits per heavy atom. The molecular weight excluding hydrogens is 272 g/mol. The Hall–Kier alpha value is -0.970. The summed E-state index contributed by atoms with van der Waals surface area (Å²) in [5.41, 5.74) is 1.16. The monoisotopic (exact) mass is 304 g/mol. The summed E-state index contributed by atoms with van der Waals surface area (Å²) in [6.07, 6.45) is 3.11. The Kier molecular flexibility index (Phi) is 6.80. The number of aromatic nitrogens is 1. The van der Waals surface area contributed by atoms with E-state index < -0.39 is 0 Å². The molecular formula is C18H32N4. The van der Waals surface area contributed by atoms with Crippen LogP contribution in [0.4, 0.5) is 0 Å². The Morgan fingerprint density at radius 2 is 1.86 bits per heavy atom. The van der Waals surface area contributed by atoms with Gasteiger partial charge in [0, 0.05) is 44.5 Å². The first-order valence-corrected chi connectivity index (χ1v) is 8.65. The van der Waals surface area contributed by atoms with Crippen molar-refractivity contribution in [1.29, 1.82) is 0 Å². The maximum absolute atomic E-state index is 4.46. The van der Waals surface area contributed by atoms with Crippen LogP contribution >= 0.6 is 0 Å². The van der Waals surface area contributed by atoms with Crippen LogP contribution in [0.5, 0.6) is 0 Å². The third kappa shape index (κ3) is 5.04. The number of nitrogens with zero attached hydrogens (tertiary/aromatic N) is 4. The fourth-order valence-electron chi connectivity index (χ4n) is 3.09. The molecule has 2 heterocycles. The topological polar surface area (TPSA) is 22.6 Å². The van der Waals surface area contributed by atoms with E-state index in [1.807, 2.05) is 12.3 Å². The zero-order valence-corrected chi connectivity index (χ0v) is 14.7. The van der Waals surface area contributed by atoms with Crippen LogP contribution in [0.15, 0.2) is 24.4 Å². The summed E-state index contributed by atoms with van der Waals surface area (Å²) >= 11 is 0. The smallest absolute Gasteiger partial charge is 0.0572 e. The van der Waals surface area contributed by atoms with Gasteiger partial charge in [-0.05, 0) is 59.5 Å². The van der Waals surface area contributed by atoms with Gasteiger partial charge in [0.15, 0.2) is 0 Å². The second-order valence-corrected chi connectivity index (χ2v) is 6.74. The van der Waals surface area contributed by atoms with Gasteiger partial charge in [0.1, 0.15) is 0 Å². The summed E-state index contributed by atoms with van der Waals surface area (Å²) in [6.45, 7) is 14.1. The fourth-order valence-corrected chi connectivity index (χ4v) is 3.09. The quantitative estimate of drug-likeness (QED) is 0.772. The van der Waals surface area contributed by atoms with E-state index in [-0.39, 0.29) is 0 Å². The van der Waals surface area contributed by atoms with Crippen LogP contribution in [-0.2, 0) is 0 Å². The lowest BCUT2D eigenvalue weighted by Gasteiger charge is -2.37. The van der Waals surface area contributed by atoms with E-state index in [1.54, 1.807) is 0 Å². The van der Waals surface area contributed by atoms with E-state index in [1.165, 1.54) is 39.1 Å². The van der Waals surface area contributed by atoms with Gasteiger partial charge in [-0.15, -0.1) is 0 Å². The summed E-state index contributed by atoms with van der Waals surface area (Å²) in [4.78, 5) is 12.1. The highest BCUT2D eigenvalue weighted by Crippen LogP contribution is 2.16. The Labute approximate surface area is 136 Å². The molecule has 0 N–H and O–H groups in total. The molecule has 1 aromatic heterocycles. The van der Waals surface area contributed by atoms with E-state index >= 15 is 0 Å². The molecule has 0 aromatic carbocycles. The highest BCUT2D eigenvalue weighted by Gasteiger charge is 2.18. The zero-order valence-electron chi connectivity index (χ0n) is 14.7. The van der Waals surface area contributed by atoms with E-state index in [0.717, 1.165) is 12.2 Å². The van der Waals surface area contributed by atoms with E-state index in [0.29, 0.717) is 12.1 Å². The SMILES string of the molecule is CC(C)N1CCN(CCCN(C)[C@@H](C)c2ccccn2)CC1. The number of hydrogen-bond acceptors (Lipinski definition) is 4. The van der Waals surface area contributed by atoms with Gasteiger partial charge in [-0.3, -0.25) is 14.8 Å². The highest BCUT2D eigenvalue weighted by atomic mass is 15.3. The molecule has 124 valence electrons. The third-order valence-electron chi connectivity index (χ3n) is 4.90. The molecule has 1 fully saturated rings. The summed E-state index contributed by atoms with van der Waals surface area (Å²) in [5, 5.41) is 0. The minimum absolute atomic E-state index is 0.388. The number of piperazine rings is 1. The number of pyridine rings is 1. The molecule has 0 aliphatic carbocycles. The molecule has 1 aliphatic heterocycles. The minimum Gasteiger partial charge on any atom is -0.301 e. The van der Waals surface area contributed by atoms with Gasteiger partial charge < -0.3 is 4.90 Å². The van der Waals surface area contributed by atoms with Crippen LogP contribution in [0.25, 0.3) is 0 Å². The largest absolute Gasteiger partial charge is 0.301 e. The molecule has 0 amide bonds. The molecule has 2 rings (SSSR count). The maximum atomic E-state index is 4.46. The van der Waals surface area contributed by atoms with E-state index in [2.05, 4.69) is 59.6 Å². The minimum atomic E-state index is 0.388. The molecule has 1 aromatic rings. The molecule has 1 saturated heterocycles. The Bertz CT molecular complexity index is 412. The Balaban J connectivity index is 1.66. The predicted molar refractivity (Wildman–Crippen MR) is 93.0 cm³/mol. The van der Waals surface area contributed by atoms with Crippen molar-refractivity contribution >= 4 is 0 Å². The van der Waals surface area contributed by atoms with E-state index in [4.69, 9.17) is 0 Å². The van der Waals surface area contributed by atoms with Crippen LogP contribution in [0.2, 0.25) is 0 Å². The lowest BCUT2D eigenvalue weighted by Crippen LogP contribution is -2.49. The van der Waals surface area contributed by atoms with Crippen molar-refractivity contribution in [2.75, 3.05) is 46.3 Å². The molecule has 1 atom stereocenters. The number of hydrogen-bond donors (Lipinski definition) is 0. The van der Waals surface area contributed by atoms with Crippen molar-refractivity contribution in [1.82, 2.24) is 19.7 Å². The first-order valence-electron chi connectivity index (χ1n) is 8.65. The van der Waals surface area contributed by atoms with Crippen LogP contribution < -0.4 is 0 Å². The third-order valence-corrected chi connectivity index (χ3v) is 4.90. The van der Waals surface area contributed by atoms with Crippen molar-refractivity contribution in [3.05, 3.63) is 30.1 Å². The second kappa shape index (κ2) is 8.61. The fraction of sp³-hybridized carbons (Fsp3) is 0.722. The summed E-state index contributed by atoms with van der Waals surface area (Å²) in [6, 6.07) is 7.24. The molecule has 22 heavy (non-hydrogen) atoms. The predicted octanol–water partition coefficient (Wildman–Crippen LogP) is 2.49. The highest BCUT2D eigenvalue weighted by molar-refractivity contribution is 5.07. The summed E-state index contributed by atoms with van der Waals surface area (Å²) in [7, 11) is 2.20. The van der Waals surface area contributed by atoms with Crippen molar-refractivity contribution < 1.29 is 0 Å². The van der Waals surface area contributed by atoms with E-state index in [9.17, 15) is 0 Å². The van der Waals surface area contributed by atoms with Gasteiger partial charge in [-0.1, -0.05) is 6.07 Å². The molecule has 0 unspecified atom stereocenters. The average molecular weight is 304 g/mol. The maximum Gasteiger partial charge on any atom is 0.0572 e. The van der Waals surface area contributed by atoms with Crippen molar-refractivity contribution in [2.24, 2.45) is 0 Å². The average Bonchev–Trinajstić information content (AvgIpc) is 2.55. The van der Waals surface area contributed by atoms with Crippen molar-refractivity contribution in [2.45, 2.75) is 39.3 Å². The van der Waals surface area contributed by atoms with Gasteiger partial charge in [-0.2, -0.15) is 0 Å². The molecule has 0 bridgehead atoms. The molecule has 0 radical (unpaired) electrons. The van der Waals surface area contributed by atoms with Crippen LogP contribution in [0.1, 0.15) is 38.9 Å². The number of rotatable bonds is 7.